The fourth-order valence-electron chi connectivity index (χ4n) is 2.02. The first kappa shape index (κ1) is 14.1. The second kappa shape index (κ2) is 5.87. The van der Waals surface area contributed by atoms with Crippen molar-refractivity contribution in [1.29, 1.82) is 0 Å². The van der Waals surface area contributed by atoms with Gasteiger partial charge in [0, 0.05) is 10.5 Å². The zero-order valence-corrected chi connectivity index (χ0v) is 13.3. The number of nitrogens with one attached hydrogen (secondary N) is 1. The number of fused-ring (bicyclic) bond motifs is 1. The lowest BCUT2D eigenvalue weighted by Gasteiger charge is -2.01. The number of aromatic nitrogens is 1. The van der Waals surface area contributed by atoms with Crippen LogP contribution in [0.1, 0.15) is 15.9 Å². The Morgan fingerprint density at radius 3 is 2.67 bits per heavy atom. The first-order chi connectivity index (χ1) is 10.2. The number of thioether (sulfide) groups is 1. The minimum Gasteiger partial charge on any atom is -0.298 e. The van der Waals surface area contributed by atoms with E-state index in [2.05, 4.69) is 10.3 Å². The average molecular weight is 314 g/mol. The fraction of sp³-hybridized carbons (Fsp3) is 0.125. The number of amides is 1. The van der Waals surface area contributed by atoms with Gasteiger partial charge in [-0.3, -0.25) is 10.1 Å². The van der Waals surface area contributed by atoms with Gasteiger partial charge in [0.05, 0.1) is 10.2 Å². The third kappa shape index (κ3) is 2.94. The summed E-state index contributed by atoms with van der Waals surface area (Å²) in [6.07, 6.45) is 2.03. The topological polar surface area (TPSA) is 42.0 Å². The number of carbonyl (C=O) groups is 1. The molecule has 21 heavy (non-hydrogen) atoms. The number of benzene rings is 2. The molecule has 0 aliphatic carbocycles. The maximum absolute atomic E-state index is 12.2. The Bertz CT molecular complexity index is 794. The Morgan fingerprint density at radius 1 is 1.19 bits per heavy atom. The van der Waals surface area contributed by atoms with E-state index in [-0.39, 0.29) is 5.91 Å². The highest BCUT2D eigenvalue weighted by Crippen LogP contribution is 2.32. The summed E-state index contributed by atoms with van der Waals surface area (Å²) >= 11 is 3.16. The van der Waals surface area contributed by atoms with Crippen LogP contribution in [0.15, 0.2) is 47.4 Å². The summed E-state index contributed by atoms with van der Waals surface area (Å²) in [4.78, 5) is 17.9. The van der Waals surface area contributed by atoms with Crippen LogP contribution in [0.4, 0.5) is 5.13 Å². The molecule has 1 aromatic heterocycles. The lowest BCUT2D eigenvalue weighted by atomic mass is 10.1. The third-order valence-corrected chi connectivity index (χ3v) is 4.84. The van der Waals surface area contributed by atoms with E-state index >= 15 is 0 Å². The van der Waals surface area contributed by atoms with Gasteiger partial charge in [-0.1, -0.05) is 35.1 Å². The third-order valence-electron chi connectivity index (χ3n) is 3.14. The molecule has 0 fully saturated rings. The summed E-state index contributed by atoms with van der Waals surface area (Å²) < 4.78 is 1.08. The number of aryl methyl sites for hydroxylation is 1. The molecule has 2 aromatic carbocycles. The molecule has 3 nitrogen and oxygen atoms in total. The molecular formula is C16H14N2OS2. The van der Waals surface area contributed by atoms with E-state index in [0.29, 0.717) is 10.7 Å². The molecule has 0 radical (unpaired) electrons. The van der Waals surface area contributed by atoms with Crippen molar-refractivity contribution in [2.24, 2.45) is 0 Å². The van der Waals surface area contributed by atoms with Crippen molar-refractivity contribution in [2.45, 2.75) is 11.8 Å². The summed E-state index contributed by atoms with van der Waals surface area (Å²) in [7, 11) is 0. The second-order valence-electron chi connectivity index (χ2n) is 4.65. The Hall–Kier alpha value is -1.85. The Kier molecular flexibility index (Phi) is 3.94. The van der Waals surface area contributed by atoms with Gasteiger partial charge in [-0.2, -0.15) is 0 Å². The first-order valence-electron chi connectivity index (χ1n) is 6.49. The molecule has 0 saturated carbocycles. The largest absolute Gasteiger partial charge is 0.298 e. The molecule has 1 amide bonds. The predicted octanol–water partition coefficient (Wildman–Crippen LogP) is 4.58. The molecule has 0 aliphatic rings. The molecule has 1 N–H and O–H groups in total. The molecule has 0 aliphatic heterocycles. The maximum atomic E-state index is 12.2. The van der Waals surface area contributed by atoms with Crippen LogP contribution in [0.2, 0.25) is 0 Å². The molecule has 0 bridgehead atoms. The van der Waals surface area contributed by atoms with Crippen molar-refractivity contribution in [2.75, 3.05) is 11.6 Å². The van der Waals surface area contributed by atoms with Crippen molar-refractivity contribution in [1.82, 2.24) is 4.98 Å². The van der Waals surface area contributed by atoms with E-state index in [1.54, 1.807) is 11.8 Å². The minimum atomic E-state index is -0.125. The lowest BCUT2D eigenvalue weighted by molar-refractivity contribution is 0.102. The Balaban J connectivity index is 1.88. The van der Waals surface area contributed by atoms with Gasteiger partial charge in [-0.25, -0.2) is 4.98 Å². The summed E-state index contributed by atoms with van der Waals surface area (Å²) in [6, 6.07) is 13.6. The average Bonchev–Trinajstić information content (AvgIpc) is 2.90. The van der Waals surface area contributed by atoms with Gasteiger partial charge in [0.1, 0.15) is 0 Å². The molecule has 1 heterocycles. The van der Waals surface area contributed by atoms with Gasteiger partial charge in [-0.15, -0.1) is 11.8 Å². The van der Waals surface area contributed by atoms with Gasteiger partial charge >= 0.3 is 0 Å². The summed E-state index contributed by atoms with van der Waals surface area (Å²) in [5, 5.41) is 3.51. The van der Waals surface area contributed by atoms with Gasteiger partial charge < -0.3 is 0 Å². The molecule has 0 unspecified atom stereocenters. The molecule has 106 valence electrons. The van der Waals surface area contributed by atoms with E-state index in [4.69, 9.17) is 0 Å². The van der Waals surface area contributed by atoms with Crippen LogP contribution in [0.5, 0.6) is 0 Å². The smallest absolute Gasteiger partial charge is 0.257 e. The fourth-order valence-corrected chi connectivity index (χ4v) is 3.53. The number of nitrogens with zero attached hydrogens (tertiary/aromatic N) is 1. The maximum Gasteiger partial charge on any atom is 0.257 e. The van der Waals surface area contributed by atoms with E-state index in [0.717, 1.165) is 20.7 Å². The van der Waals surface area contributed by atoms with Crippen molar-refractivity contribution in [3.05, 3.63) is 53.6 Å². The highest BCUT2D eigenvalue weighted by Gasteiger charge is 2.11. The summed E-state index contributed by atoms with van der Waals surface area (Å²) in [5.41, 5.74) is 2.73. The summed E-state index contributed by atoms with van der Waals surface area (Å²) in [5.74, 6) is -0.125. The monoisotopic (exact) mass is 314 g/mol. The number of carbonyl (C=O) groups excluding carboxylic acids is 1. The van der Waals surface area contributed by atoms with Crippen molar-refractivity contribution < 1.29 is 4.79 Å². The van der Waals surface area contributed by atoms with Crippen molar-refractivity contribution in [3.8, 4) is 0 Å². The molecule has 3 aromatic rings. The quantitative estimate of drug-likeness (QED) is 0.720. The number of rotatable bonds is 3. The van der Waals surface area contributed by atoms with Crippen LogP contribution < -0.4 is 5.32 Å². The van der Waals surface area contributed by atoms with Gasteiger partial charge in [0.25, 0.3) is 5.91 Å². The number of anilines is 1. The Labute approximate surface area is 131 Å². The van der Waals surface area contributed by atoms with E-state index in [9.17, 15) is 4.79 Å². The predicted molar refractivity (Wildman–Crippen MR) is 90.5 cm³/mol. The van der Waals surface area contributed by atoms with Crippen LogP contribution in [0.3, 0.4) is 0 Å². The SMILES string of the molecule is CSc1cccc2sc(NC(=O)c3ccc(C)cc3)nc12. The number of hydrogen-bond acceptors (Lipinski definition) is 4. The zero-order chi connectivity index (χ0) is 14.8. The van der Waals surface area contributed by atoms with Crippen molar-refractivity contribution >= 4 is 44.4 Å². The van der Waals surface area contributed by atoms with E-state index < -0.39 is 0 Å². The van der Waals surface area contributed by atoms with Crippen LogP contribution >= 0.6 is 23.1 Å². The molecule has 0 saturated heterocycles. The highest BCUT2D eigenvalue weighted by atomic mass is 32.2. The number of para-hydroxylation sites is 1. The number of thiazole rings is 1. The Morgan fingerprint density at radius 2 is 1.95 bits per heavy atom. The molecule has 3 rings (SSSR count). The van der Waals surface area contributed by atoms with Crippen molar-refractivity contribution in [3.63, 3.8) is 0 Å². The standard InChI is InChI=1S/C16H14N2OS2/c1-10-6-8-11(9-7-10)15(19)18-16-17-14-12(20-2)4-3-5-13(14)21-16/h3-9H,1-2H3,(H,17,18,19). The minimum absolute atomic E-state index is 0.125. The van der Waals surface area contributed by atoms with Crippen LogP contribution in [0.25, 0.3) is 10.2 Å². The summed E-state index contributed by atoms with van der Waals surface area (Å²) in [6.45, 7) is 2.00. The van der Waals surface area contributed by atoms with Crippen LogP contribution in [0, 0.1) is 6.92 Å². The second-order valence-corrected chi connectivity index (χ2v) is 6.52. The highest BCUT2D eigenvalue weighted by molar-refractivity contribution is 7.98. The van der Waals surface area contributed by atoms with E-state index in [1.807, 2.05) is 55.6 Å². The first-order valence-corrected chi connectivity index (χ1v) is 8.53. The number of hydrogen-bond donors (Lipinski definition) is 1. The van der Waals surface area contributed by atoms with Crippen LogP contribution in [-0.4, -0.2) is 17.1 Å². The molecule has 5 heteroatoms. The zero-order valence-electron chi connectivity index (χ0n) is 11.7. The molecule has 0 atom stereocenters. The van der Waals surface area contributed by atoms with Gasteiger partial charge in [0.2, 0.25) is 0 Å². The van der Waals surface area contributed by atoms with Crippen LogP contribution in [-0.2, 0) is 0 Å². The molecular weight excluding hydrogens is 300 g/mol. The molecule has 0 spiro atoms. The normalized spacial score (nSPS) is 10.8. The lowest BCUT2D eigenvalue weighted by Crippen LogP contribution is -2.11. The van der Waals surface area contributed by atoms with E-state index in [1.165, 1.54) is 11.3 Å². The van der Waals surface area contributed by atoms with Gasteiger partial charge in [-0.05, 0) is 37.4 Å². The van der Waals surface area contributed by atoms with Gasteiger partial charge in [0.15, 0.2) is 5.13 Å².